The molecule has 1 saturated heterocycles. The van der Waals surface area contributed by atoms with E-state index in [1.54, 1.807) is 11.0 Å². The molecule has 1 aromatic rings. The van der Waals surface area contributed by atoms with Crippen molar-refractivity contribution in [2.24, 2.45) is 5.92 Å². The average Bonchev–Trinajstić information content (AvgIpc) is 2.81. The van der Waals surface area contributed by atoms with E-state index in [1.165, 1.54) is 12.1 Å². The first-order valence-electron chi connectivity index (χ1n) is 6.07. The van der Waals surface area contributed by atoms with E-state index in [-0.39, 0.29) is 18.2 Å². The third-order valence-electron chi connectivity index (χ3n) is 3.36. The number of benzene rings is 1. The minimum atomic E-state index is -0.563. The van der Waals surface area contributed by atoms with E-state index < -0.39 is 5.82 Å². The molecule has 1 unspecified atom stereocenters. The molecule has 0 saturated carbocycles. The highest BCUT2D eigenvalue weighted by Crippen LogP contribution is 2.22. The molecule has 1 heterocycles. The van der Waals surface area contributed by atoms with Gasteiger partial charge in [0.25, 0.3) is 5.91 Å². The number of nitrogens with two attached hydrogens (primary N) is 1. The molecular formula is C13H17FN2O2. The van der Waals surface area contributed by atoms with Gasteiger partial charge in [0, 0.05) is 25.3 Å². The zero-order valence-corrected chi connectivity index (χ0v) is 10.1. The quantitative estimate of drug-likeness (QED) is 0.796. The first kappa shape index (κ1) is 12.8. The topological polar surface area (TPSA) is 66.6 Å². The first-order chi connectivity index (χ1) is 8.61. The van der Waals surface area contributed by atoms with Crippen LogP contribution in [0.4, 0.5) is 10.1 Å². The Morgan fingerprint density at radius 2 is 2.33 bits per heavy atom. The lowest BCUT2D eigenvalue weighted by molar-refractivity contribution is 0.0784. The third-order valence-corrected chi connectivity index (χ3v) is 3.36. The van der Waals surface area contributed by atoms with Crippen LogP contribution in [0.3, 0.4) is 0 Å². The molecule has 0 spiro atoms. The van der Waals surface area contributed by atoms with Crippen LogP contribution in [0.15, 0.2) is 18.2 Å². The van der Waals surface area contributed by atoms with Gasteiger partial charge < -0.3 is 15.7 Å². The second kappa shape index (κ2) is 5.35. The van der Waals surface area contributed by atoms with Gasteiger partial charge >= 0.3 is 0 Å². The summed E-state index contributed by atoms with van der Waals surface area (Å²) in [6.45, 7) is 1.43. The minimum absolute atomic E-state index is 0.0473. The largest absolute Gasteiger partial charge is 0.396 e. The molecule has 1 aliphatic heterocycles. The number of aliphatic hydroxyl groups excluding tert-OH is 1. The van der Waals surface area contributed by atoms with Gasteiger partial charge in [0.2, 0.25) is 0 Å². The number of halogens is 1. The van der Waals surface area contributed by atoms with Gasteiger partial charge in [-0.15, -0.1) is 0 Å². The van der Waals surface area contributed by atoms with Crippen molar-refractivity contribution in [3.8, 4) is 0 Å². The first-order valence-corrected chi connectivity index (χ1v) is 6.07. The van der Waals surface area contributed by atoms with Crippen LogP contribution in [0, 0.1) is 11.7 Å². The normalized spacial score (nSPS) is 19.2. The molecule has 2 rings (SSSR count). The Labute approximate surface area is 105 Å². The van der Waals surface area contributed by atoms with Crippen molar-refractivity contribution in [2.75, 3.05) is 25.4 Å². The Bertz CT molecular complexity index is 451. The molecule has 0 aromatic heterocycles. The number of hydrogen-bond acceptors (Lipinski definition) is 3. The number of anilines is 1. The number of likely N-dealkylation sites (tertiary alicyclic amines) is 1. The second-order valence-electron chi connectivity index (χ2n) is 4.65. The van der Waals surface area contributed by atoms with Gasteiger partial charge in [-0.25, -0.2) is 4.39 Å². The van der Waals surface area contributed by atoms with Crippen molar-refractivity contribution in [2.45, 2.75) is 12.8 Å². The number of amides is 1. The summed E-state index contributed by atoms with van der Waals surface area (Å²) >= 11 is 0. The summed E-state index contributed by atoms with van der Waals surface area (Å²) in [7, 11) is 0. The Hall–Kier alpha value is -1.62. The lowest BCUT2D eigenvalue weighted by atomic mass is 10.1. The summed E-state index contributed by atoms with van der Waals surface area (Å²) < 4.78 is 13.3. The van der Waals surface area contributed by atoms with Crippen molar-refractivity contribution in [3.05, 3.63) is 29.6 Å². The molecule has 5 heteroatoms. The second-order valence-corrected chi connectivity index (χ2v) is 4.65. The molecule has 3 N–H and O–H groups in total. The number of aliphatic hydroxyl groups is 1. The van der Waals surface area contributed by atoms with Crippen molar-refractivity contribution >= 4 is 11.6 Å². The zero-order valence-electron chi connectivity index (χ0n) is 10.1. The molecular weight excluding hydrogens is 235 g/mol. The fraction of sp³-hybridized carbons (Fsp3) is 0.462. The summed E-state index contributed by atoms with van der Waals surface area (Å²) in [6, 6.07) is 4.13. The smallest absolute Gasteiger partial charge is 0.253 e. The molecule has 0 aliphatic carbocycles. The fourth-order valence-electron chi connectivity index (χ4n) is 2.28. The number of nitrogen functional groups attached to an aromatic ring is 1. The summed E-state index contributed by atoms with van der Waals surface area (Å²) in [6.07, 6.45) is 1.60. The zero-order chi connectivity index (χ0) is 13.1. The van der Waals surface area contributed by atoms with Crippen molar-refractivity contribution in [1.29, 1.82) is 0 Å². The van der Waals surface area contributed by atoms with Gasteiger partial charge in [-0.1, -0.05) is 0 Å². The summed E-state index contributed by atoms with van der Waals surface area (Å²) in [5.74, 6) is -0.390. The minimum Gasteiger partial charge on any atom is -0.396 e. The number of carbonyl (C=O) groups excluding carboxylic acids is 1. The van der Waals surface area contributed by atoms with Gasteiger partial charge in [0.15, 0.2) is 0 Å². The molecule has 98 valence electrons. The molecule has 1 atom stereocenters. The molecule has 4 nitrogen and oxygen atoms in total. The van der Waals surface area contributed by atoms with Crippen molar-refractivity contribution < 1.29 is 14.3 Å². The summed E-state index contributed by atoms with van der Waals surface area (Å²) in [4.78, 5) is 13.8. The Balaban J connectivity index is 2.05. The molecule has 1 fully saturated rings. The van der Waals surface area contributed by atoms with Crippen molar-refractivity contribution in [1.82, 2.24) is 4.90 Å². The number of nitrogens with zero attached hydrogens (tertiary/aromatic N) is 1. The van der Waals surface area contributed by atoms with E-state index in [0.29, 0.717) is 31.0 Å². The summed E-state index contributed by atoms with van der Waals surface area (Å²) in [5, 5.41) is 8.87. The number of carbonyl (C=O) groups is 1. The van der Waals surface area contributed by atoms with E-state index in [9.17, 15) is 9.18 Å². The molecule has 18 heavy (non-hydrogen) atoms. The molecule has 1 aliphatic rings. The van der Waals surface area contributed by atoms with E-state index in [2.05, 4.69) is 0 Å². The van der Waals surface area contributed by atoms with Crippen LogP contribution in [0.1, 0.15) is 23.2 Å². The van der Waals surface area contributed by atoms with E-state index in [0.717, 1.165) is 6.42 Å². The molecule has 1 amide bonds. The predicted octanol–water partition coefficient (Wildman–Crippen LogP) is 1.25. The van der Waals surface area contributed by atoms with Crippen LogP contribution < -0.4 is 5.73 Å². The lowest BCUT2D eigenvalue weighted by Crippen LogP contribution is -2.28. The lowest BCUT2D eigenvalue weighted by Gasteiger charge is -2.16. The maximum atomic E-state index is 13.3. The fourth-order valence-corrected chi connectivity index (χ4v) is 2.28. The van der Waals surface area contributed by atoms with Crippen LogP contribution in [0.2, 0.25) is 0 Å². The van der Waals surface area contributed by atoms with E-state index in [4.69, 9.17) is 10.8 Å². The Kier molecular flexibility index (Phi) is 3.81. The van der Waals surface area contributed by atoms with E-state index >= 15 is 0 Å². The van der Waals surface area contributed by atoms with E-state index in [1.807, 2.05) is 0 Å². The monoisotopic (exact) mass is 252 g/mol. The van der Waals surface area contributed by atoms with Gasteiger partial charge in [-0.2, -0.15) is 0 Å². The Morgan fingerprint density at radius 1 is 1.56 bits per heavy atom. The maximum Gasteiger partial charge on any atom is 0.253 e. The SMILES string of the molecule is Nc1ccc(C(=O)N2CCC(CCO)C2)cc1F. The van der Waals surface area contributed by atoms with Gasteiger partial charge in [0.1, 0.15) is 5.82 Å². The molecule has 1 aromatic carbocycles. The molecule has 0 radical (unpaired) electrons. The Morgan fingerprint density at radius 3 is 3.00 bits per heavy atom. The van der Waals surface area contributed by atoms with Gasteiger partial charge in [-0.05, 0) is 37.0 Å². The van der Waals surface area contributed by atoms with Crippen LogP contribution in [-0.2, 0) is 0 Å². The molecule has 0 bridgehead atoms. The van der Waals surface area contributed by atoms with Crippen LogP contribution >= 0.6 is 0 Å². The van der Waals surface area contributed by atoms with Crippen LogP contribution in [-0.4, -0.2) is 35.6 Å². The standard InChI is InChI=1S/C13H17FN2O2/c14-11-7-10(1-2-12(11)15)13(18)16-5-3-9(8-16)4-6-17/h1-2,7,9,17H,3-6,8,15H2. The maximum absolute atomic E-state index is 13.3. The predicted molar refractivity (Wildman–Crippen MR) is 66.5 cm³/mol. The average molecular weight is 252 g/mol. The van der Waals surface area contributed by atoms with Crippen molar-refractivity contribution in [3.63, 3.8) is 0 Å². The number of hydrogen-bond donors (Lipinski definition) is 2. The number of rotatable bonds is 3. The highest BCUT2D eigenvalue weighted by Gasteiger charge is 2.26. The highest BCUT2D eigenvalue weighted by atomic mass is 19.1. The summed E-state index contributed by atoms with van der Waals surface area (Å²) in [5.41, 5.74) is 5.75. The van der Waals surface area contributed by atoms with Gasteiger partial charge in [0.05, 0.1) is 5.69 Å². The van der Waals surface area contributed by atoms with Crippen LogP contribution in [0.5, 0.6) is 0 Å². The third kappa shape index (κ3) is 2.61. The highest BCUT2D eigenvalue weighted by molar-refractivity contribution is 5.94. The van der Waals surface area contributed by atoms with Crippen LogP contribution in [0.25, 0.3) is 0 Å². The van der Waals surface area contributed by atoms with Gasteiger partial charge in [-0.3, -0.25) is 4.79 Å².